The number of rotatable bonds is 11. The molecular weight excluding hydrogens is 694 g/mol. The van der Waals surface area contributed by atoms with Gasteiger partial charge in [0.25, 0.3) is 5.91 Å². The zero-order valence-electron chi connectivity index (χ0n) is 27.5. The van der Waals surface area contributed by atoms with Crippen molar-refractivity contribution in [1.82, 2.24) is 30.1 Å². The van der Waals surface area contributed by atoms with Crippen molar-refractivity contribution in [3.8, 4) is 28.1 Å². The number of methoxy groups -OCH3 is 1. The Morgan fingerprint density at radius 1 is 1.12 bits per heavy atom. The summed E-state index contributed by atoms with van der Waals surface area (Å²) in [4.78, 5) is 35.7. The van der Waals surface area contributed by atoms with Crippen LogP contribution in [0, 0.1) is 0 Å². The zero-order valence-corrected chi connectivity index (χ0v) is 29.0. The predicted molar refractivity (Wildman–Crippen MR) is 185 cm³/mol. The first-order chi connectivity index (χ1) is 23.9. The Labute approximate surface area is 297 Å². The molecule has 264 valence electrons. The molecule has 0 saturated carbocycles. The maximum atomic E-state index is 13.4. The van der Waals surface area contributed by atoms with Crippen molar-refractivity contribution in [1.29, 1.82) is 0 Å². The van der Waals surface area contributed by atoms with Crippen LogP contribution >= 0.6 is 23.2 Å². The van der Waals surface area contributed by atoms with Crippen molar-refractivity contribution in [2.24, 2.45) is 7.05 Å². The minimum atomic E-state index is -4.24. The lowest BCUT2D eigenvalue weighted by Gasteiger charge is -2.26. The van der Waals surface area contributed by atoms with Crippen LogP contribution in [0.15, 0.2) is 48.7 Å². The standard InChI is InChI=1S/C35H36Cl2F3N7O3/c1-46-27-11-14-47(15-12-35(38,39)40)19-26(27)44-33(46)34(49)45-25-5-3-4-23(30(25)36)24-10-13-42-32(31(24)37)20-6-7-21(28(16-20)50-2)17-41-18-22-8-9-29(48)43-22/h3-7,10,13,16,22,41H,8-9,11-12,14-15,17-19H2,1-2H3,(H,43,48)(H,45,49). The Kier molecular flexibility index (Phi) is 10.7. The van der Waals surface area contributed by atoms with Crippen molar-refractivity contribution >= 4 is 40.7 Å². The van der Waals surface area contributed by atoms with Gasteiger partial charge in [0.1, 0.15) is 5.75 Å². The van der Waals surface area contributed by atoms with Crippen LogP contribution < -0.4 is 20.7 Å². The molecule has 15 heteroatoms. The fourth-order valence-corrected chi connectivity index (χ4v) is 6.98. The highest BCUT2D eigenvalue weighted by atomic mass is 35.5. The van der Waals surface area contributed by atoms with E-state index in [1.165, 1.54) is 0 Å². The number of hydrogen-bond acceptors (Lipinski definition) is 7. The number of benzene rings is 2. The SMILES string of the molecule is COc1cc(-c2nccc(-c3cccc(NC(=O)c4nc5c(n4C)CCN(CCC(F)(F)F)C5)c3Cl)c2Cl)ccc1CNCC1CCC(=O)N1. The van der Waals surface area contributed by atoms with Crippen molar-refractivity contribution in [2.75, 3.05) is 32.1 Å². The van der Waals surface area contributed by atoms with E-state index in [-0.39, 0.29) is 35.9 Å². The summed E-state index contributed by atoms with van der Waals surface area (Å²) in [7, 11) is 3.32. The number of nitrogens with zero attached hydrogens (tertiary/aromatic N) is 4. The van der Waals surface area contributed by atoms with Crippen LogP contribution in [0.1, 0.15) is 46.8 Å². The highest BCUT2D eigenvalue weighted by Gasteiger charge is 2.31. The molecule has 2 aromatic heterocycles. The molecule has 1 fully saturated rings. The summed E-state index contributed by atoms with van der Waals surface area (Å²) in [5, 5.41) is 9.79. The Morgan fingerprint density at radius 2 is 1.92 bits per heavy atom. The highest BCUT2D eigenvalue weighted by molar-refractivity contribution is 6.39. The average Bonchev–Trinajstić information content (AvgIpc) is 3.66. The molecule has 2 aliphatic rings. The zero-order chi connectivity index (χ0) is 35.6. The second-order valence-corrected chi connectivity index (χ2v) is 13.1. The monoisotopic (exact) mass is 729 g/mol. The van der Waals surface area contributed by atoms with E-state index in [2.05, 4.69) is 25.9 Å². The van der Waals surface area contributed by atoms with Crippen LogP contribution in [0.5, 0.6) is 5.75 Å². The summed E-state index contributed by atoms with van der Waals surface area (Å²) in [6, 6.07) is 12.8. The van der Waals surface area contributed by atoms with E-state index in [0.717, 1.165) is 23.2 Å². The van der Waals surface area contributed by atoms with E-state index in [1.54, 1.807) is 54.1 Å². The molecule has 3 N–H and O–H groups in total. The molecule has 1 unspecified atom stereocenters. The molecule has 4 heterocycles. The molecule has 6 rings (SSSR count). The van der Waals surface area contributed by atoms with Crippen LogP contribution in [0.4, 0.5) is 18.9 Å². The summed E-state index contributed by atoms with van der Waals surface area (Å²) in [6.07, 6.45) is -1.66. The summed E-state index contributed by atoms with van der Waals surface area (Å²) < 4.78 is 45.7. The van der Waals surface area contributed by atoms with Gasteiger partial charge in [-0.1, -0.05) is 47.5 Å². The summed E-state index contributed by atoms with van der Waals surface area (Å²) >= 11 is 13.8. The third kappa shape index (κ3) is 7.91. The number of fused-ring (bicyclic) bond motifs is 1. The molecule has 4 aromatic rings. The lowest BCUT2D eigenvalue weighted by atomic mass is 10.0. The van der Waals surface area contributed by atoms with Gasteiger partial charge in [-0.2, -0.15) is 13.2 Å². The second-order valence-electron chi connectivity index (χ2n) is 12.4. The van der Waals surface area contributed by atoms with Crippen LogP contribution in [-0.2, 0) is 31.4 Å². The molecule has 0 spiro atoms. The highest BCUT2D eigenvalue weighted by Crippen LogP contribution is 2.41. The molecule has 10 nitrogen and oxygen atoms in total. The van der Waals surface area contributed by atoms with Gasteiger partial charge in [-0.3, -0.25) is 19.5 Å². The maximum Gasteiger partial charge on any atom is 0.390 e. The van der Waals surface area contributed by atoms with Gasteiger partial charge in [-0.25, -0.2) is 4.98 Å². The van der Waals surface area contributed by atoms with E-state index in [0.29, 0.717) is 71.5 Å². The van der Waals surface area contributed by atoms with Crippen LogP contribution in [0.3, 0.4) is 0 Å². The molecule has 2 amide bonds. The first-order valence-electron chi connectivity index (χ1n) is 16.2. The lowest BCUT2D eigenvalue weighted by molar-refractivity contribution is -0.138. The molecule has 2 aromatic carbocycles. The first kappa shape index (κ1) is 35.6. The lowest BCUT2D eigenvalue weighted by Crippen LogP contribution is -2.35. The van der Waals surface area contributed by atoms with E-state index in [9.17, 15) is 22.8 Å². The first-order valence-corrected chi connectivity index (χ1v) is 16.9. The number of amides is 2. The quantitative estimate of drug-likeness (QED) is 0.164. The van der Waals surface area contributed by atoms with Gasteiger partial charge in [0.05, 0.1) is 40.7 Å². The fraction of sp³-hybridized carbons (Fsp3) is 0.371. The summed E-state index contributed by atoms with van der Waals surface area (Å²) in [5.74, 6) is 0.365. The van der Waals surface area contributed by atoms with Gasteiger partial charge in [0, 0.05) is 92.8 Å². The Hall–Kier alpha value is -4.17. The average molecular weight is 731 g/mol. The normalized spacial score (nSPS) is 16.3. The number of ether oxygens (including phenoxy) is 1. The Balaban J connectivity index is 1.18. The molecule has 1 atom stereocenters. The third-order valence-corrected chi connectivity index (χ3v) is 9.82. The minimum Gasteiger partial charge on any atom is -0.496 e. The third-order valence-electron chi connectivity index (χ3n) is 9.03. The van der Waals surface area contributed by atoms with E-state index < -0.39 is 18.5 Å². The van der Waals surface area contributed by atoms with Gasteiger partial charge < -0.3 is 25.3 Å². The summed E-state index contributed by atoms with van der Waals surface area (Å²) in [6.45, 7) is 1.76. The second kappa shape index (κ2) is 15.0. The minimum absolute atomic E-state index is 0.0766. The largest absolute Gasteiger partial charge is 0.496 e. The van der Waals surface area contributed by atoms with Crippen molar-refractivity contribution in [3.63, 3.8) is 0 Å². The van der Waals surface area contributed by atoms with Gasteiger partial charge in [0.15, 0.2) is 5.82 Å². The number of pyridine rings is 1. The van der Waals surface area contributed by atoms with Gasteiger partial charge >= 0.3 is 6.18 Å². The number of halogens is 5. The predicted octanol–water partition coefficient (Wildman–Crippen LogP) is 6.40. The number of nitrogens with one attached hydrogen (secondary N) is 3. The fourth-order valence-electron chi connectivity index (χ4n) is 6.38. The molecule has 2 aliphatic heterocycles. The number of alkyl halides is 3. The van der Waals surface area contributed by atoms with Crippen LogP contribution in [0.2, 0.25) is 10.0 Å². The molecule has 0 radical (unpaired) electrons. The van der Waals surface area contributed by atoms with E-state index >= 15 is 0 Å². The van der Waals surface area contributed by atoms with Crippen LogP contribution in [-0.4, -0.2) is 70.2 Å². The topological polar surface area (TPSA) is 113 Å². The number of carbonyl (C=O) groups excluding carboxylic acids is 2. The number of anilines is 1. The number of hydrogen-bond donors (Lipinski definition) is 3. The molecular formula is C35H36Cl2F3N7O3. The molecule has 1 saturated heterocycles. The molecule has 0 aliphatic carbocycles. The van der Waals surface area contributed by atoms with Crippen LogP contribution in [0.25, 0.3) is 22.4 Å². The smallest absolute Gasteiger partial charge is 0.390 e. The van der Waals surface area contributed by atoms with Gasteiger partial charge in [0.2, 0.25) is 5.91 Å². The van der Waals surface area contributed by atoms with Gasteiger partial charge in [-0.05, 0) is 24.6 Å². The molecule has 0 bridgehead atoms. The maximum absolute atomic E-state index is 13.4. The summed E-state index contributed by atoms with van der Waals surface area (Å²) in [5.41, 5.74) is 5.10. The van der Waals surface area contributed by atoms with E-state index in [4.69, 9.17) is 27.9 Å². The number of imidazole rings is 1. The van der Waals surface area contributed by atoms with Crippen molar-refractivity contribution < 1.29 is 27.5 Å². The van der Waals surface area contributed by atoms with Crippen molar-refractivity contribution in [3.05, 3.63) is 81.5 Å². The number of aromatic nitrogens is 3. The molecule has 50 heavy (non-hydrogen) atoms. The Morgan fingerprint density at radius 3 is 2.66 bits per heavy atom. The Bertz CT molecular complexity index is 1920. The van der Waals surface area contributed by atoms with Gasteiger partial charge in [-0.15, -0.1) is 0 Å². The van der Waals surface area contributed by atoms with E-state index in [1.807, 2.05) is 18.2 Å². The van der Waals surface area contributed by atoms with Crippen molar-refractivity contribution in [2.45, 2.75) is 51.0 Å². The number of carbonyl (C=O) groups is 2.